The lowest BCUT2D eigenvalue weighted by Gasteiger charge is -2.62. The second kappa shape index (κ2) is 10.9. The zero-order valence-corrected chi connectivity index (χ0v) is 23.5. The third kappa shape index (κ3) is 4.62. The Morgan fingerprint density at radius 3 is 2.05 bits per heavy atom. The molecule has 0 aromatic rings. The number of carbonyl (C=O) groups excluding carboxylic acids is 2. The molecule has 14 heteroatoms. The van der Waals surface area contributed by atoms with Crippen LogP contribution >= 0.6 is 0 Å². The van der Waals surface area contributed by atoms with E-state index in [0.29, 0.717) is 12.0 Å². The highest BCUT2D eigenvalue weighted by Gasteiger charge is 2.76. The number of aliphatic hydroxyl groups excluding tert-OH is 4. The van der Waals surface area contributed by atoms with Gasteiger partial charge in [-0.25, -0.2) is 19.2 Å². The van der Waals surface area contributed by atoms with E-state index >= 15 is 0 Å². The molecule has 4 aliphatic carbocycles. The van der Waals surface area contributed by atoms with E-state index in [0.717, 1.165) is 0 Å². The zero-order chi connectivity index (χ0) is 32.4. The Bertz CT molecular complexity index is 1320. The summed E-state index contributed by atoms with van der Waals surface area (Å²) >= 11 is 0. The van der Waals surface area contributed by atoms with Gasteiger partial charge in [-0.05, 0) is 61.0 Å². The Hall–Kier alpha value is -3.46. The molecule has 0 amide bonds. The largest absolute Gasteiger partial charge is 0.479 e. The number of ketones is 2. The van der Waals surface area contributed by atoms with Gasteiger partial charge in [0, 0.05) is 23.7 Å². The van der Waals surface area contributed by atoms with Crippen LogP contribution in [0.2, 0.25) is 0 Å². The van der Waals surface area contributed by atoms with Crippen LogP contribution in [0.25, 0.3) is 0 Å². The first kappa shape index (κ1) is 32.5. The van der Waals surface area contributed by atoms with Gasteiger partial charge in [0.2, 0.25) is 0 Å². The molecule has 14 nitrogen and oxygen atoms in total. The molecule has 0 bridgehead atoms. The highest BCUT2D eigenvalue weighted by molar-refractivity contribution is 6.01. The molecule has 0 aromatic carbocycles. The van der Waals surface area contributed by atoms with Gasteiger partial charge in [0.1, 0.15) is 5.78 Å². The summed E-state index contributed by atoms with van der Waals surface area (Å²) in [7, 11) is 0. The topological polar surface area (TPSA) is 264 Å². The fourth-order valence-electron chi connectivity index (χ4n) is 9.46. The van der Waals surface area contributed by atoms with Gasteiger partial charge < -0.3 is 40.9 Å². The molecule has 12 atom stereocenters. The smallest absolute Gasteiger partial charge is 0.333 e. The van der Waals surface area contributed by atoms with E-state index in [4.69, 9.17) is 0 Å². The molecule has 0 aromatic heterocycles. The van der Waals surface area contributed by atoms with Gasteiger partial charge in [0.25, 0.3) is 0 Å². The SMILES string of the molecule is C[C@]12C=CC(=O)C=C1CC[C@@H]1[C@@H]2C(C(O)C(=O)O)C[C@@]2(C)[C@H]1CC(C(O)C(=O)O)[C@@]2(C(=O)CC(O)C(=O)O)C(O)C(=O)O. The van der Waals surface area contributed by atoms with Crippen molar-refractivity contribution in [3.8, 4) is 0 Å². The summed E-state index contributed by atoms with van der Waals surface area (Å²) in [5, 5.41) is 82.6. The van der Waals surface area contributed by atoms with E-state index in [-0.39, 0.29) is 18.6 Å². The highest BCUT2D eigenvalue weighted by atomic mass is 16.4. The predicted molar refractivity (Wildman–Crippen MR) is 141 cm³/mol. The van der Waals surface area contributed by atoms with Gasteiger partial charge in [-0.3, -0.25) is 9.59 Å². The zero-order valence-electron chi connectivity index (χ0n) is 23.5. The fraction of sp³-hybridized carbons (Fsp3) is 0.655. The molecule has 4 aliphatic rings. The number of carbonyl (C=O) groups is 6. The number of allylic oxidation sites excluding steroid dienone is 4. The van der Waals surface area contributed by atoms with Crippen LogP contribution in [-0.2, 0) is 28.8 Å². The van der Waals surface area contributed by atoms with E-state index in [1.54, 1.807) is 13.0 Å². The van der Waals surface area contributed by atoms with E-state index in [2.05, 4.69) is 0 Å². The van der Waals surface area contributed by atoms with Crippen molar-refractivity contribution in [2.75, 3.05) is 0 Å². The van der Waals surface area contributed by atoms with Crippen LogP contribution in [0.3, 0.4) is 0 Å². The third-order valence-corrected chi connectivity index (χ3v) is 11.1. The van der Waals surface area contributed by atoms with Gasteiger partial charge >= 0.3 is 23.9 Å². The van der Waals surface area contributed by atoms with Crippen molar-refractivity contribution >= 4 is 35.4 Å². The van der Waals surface area contributed by atoms with Crippen molar-refractivity contribution in [3.05, 3.63) is 23.8 Å². The third-order valence-electron chi connectivity index (χ3n) is 11.1. The lowest BCUT2D eigenvalue weighted by molar-refractivity contribution is -0.199. The number of rotatable bonds is 10. The van der Waals surface area contributed by atoms with E-state index in [9.17, 15) is 69.6 Å². The molecule has 3 fully saturated rings. The van der Waals surface area contributed by atoms with Gasteiger partial charge in [0.15, 0.2) is 30.2 Å². The molecule has 0 saturated heterocycles. The highest BCUT2D eigenvalue weighted by Crippen LogP contribution is 2.74. The van der Waals surface area contributed by atoms with Crippen molar-refractivity contribution in [2.24, 2.45) is 45.8 Å². The Morgan fingerprint density at radius 1 is 0.907 bits per heavy atom. The van der Waals surface area contributed by atoms with Crippen LogP contribution in [0.4, 0.5) is 0 Å². The minimum atomic E-state index is -2.71. The second-order valence-electron chi connectivity index (χ2n) is 12.8. The van der Waals surface area contributed by atoms with Crippen LogP contribution in [0, 0.1) is 45.8 Å². The van der Waals surface area contributed by atoms with Crippen LogP contribution in [0.15, 0.2) is 23.8 Å². The number of hydrogen-bond acceptors (Lipinski definition) is 10. The minimum Gasteiger partial charge on any atom is -0.479 e. The molecule has 8 N–H and O–H groups in total. The number of aliphatic hydroxyl groups is 4. The van der Waals surface area contributed by atoms with Gasteiger partial charge in [-0.2, -0.15) is 0 Å². The monoisotopic (exact) mass is 608 g/mol. The number of aliphatic carboxylic acids is 4. The van der Waals surface area contributed by atoms with Crippen LogP contribution < -0.4 is 0 Å². The molecule has 0 spiro atoms. The maximum Gasteiger partial charge on any atom is 0.333 e. The Balaban J connectivity index is 2.02. The van der Waals surface area contributed by atoms with Gasteiger partial charge in [0.05, 0.1) is 5.41 Å². The molecule has 3 saturated carbocycles. The Kier molecular flexibility index (Phi) is 8.24. The van der Waals surface area contributed by atoms with Crippen molar-refractivity contribution in [1.29, 1.82) is 0 Å². The molecular formula is C29H36O14. The Labute approximate surface area is 245 Å². The quantitative estimate of drug-likeness (QED) is 0.155. The maximum atomic E-state index is 14.1. The average Bonchev–Trinajstić information content (AvgIpc) is 3.20. The summed E-state index contributed by atoms with van der Waals surface area (Å²) in [4.78, 5) is 74.7. The number of hydrogen-bond donors (Lipinski definition) is 8. The average molecular weight is 609 g/mol. The van der Waals surface area contributed by atoms with E-state index < -0.39 is 113 Å². The van der Waals surface area contributed by atoms with Crippen molar-refractivity contribution in [1.82, 2.24) is 0 Å². The standard InChI is InChI=1S/C29H36O14/c1-27-6-5-12(30)7-11(27)3-4-13-15-8-16(21(34)25(40)41)29(22(35)26(42)43,18(32)9-17(31)23(36)37)28(15,2)10-14(19(13)27)20(33)24(38)39/h5-7,13-17,19-22,31,33-35H,3-4,8-10H2,1-2H3,(H,36,37)(H,38,39)(H,40,41)(H,42,43)/t13-,14?,15-,16?,17?,19+,20?,21?,22?,27-,28-,29+/m0/s1. The van der Waals surface area contributed by atoms with Gasteiger partial charge in [-0.1, -0.05) is 25.5 Å². The first-order valence-corrected chi connectivity index (χ1v) is 14.0. The molecule has 0 heterocycles. The fourth-order valence-corrected chi connectivity index (χ4v) is 9.46. The first-order chi connectivity index (χ1) is 19.9. The number of fused-ring (bicyclic) bond motifs is 5. The second-order valence-corrected chi connectivity index (χ2v) is 12.8. The van der Waals surface area contributed by atoms with Gasteiger partial charge in [-0.15, -0.1) is 0 Å². The summed E-state index contributed by atoms with van der Waals surface area (Å²) in [5.41, 5.74) is -4.80. The molecular weight excluding hydrogens is 572 g/mol. The van der Waals surface area contributed by atoms with Crippen LogP contribution in [0.1, 0.15) is 46.0 Å². The summed E-state index contributed by atoms with van der Waals surface area (Å²) in [5.74, 6) is -14.1. The summed E-state index contributed by atoms with van der Waals surface area (Å²) in [6.45, 7) is 3.14. The normalized spacial score (nSPS) is 39.3. The minimum absolute atomic E-state index is 0.261. The molecule has 6 unspecified atom stereocenters. The van der Waals surface area contributed by atoms with Crippen LogP contribution in [-0.4, -0.2) is 101 Å². The maximum absolute atomic E-state index is 14.1. The molecule has 43 heavy (non-hydrogen) atoms. The number of Topliss-reactive ketones (excluding diaryl/α,β-unsaturated/α-hetero) is 1. The first-order valence-electron chi connectivity index (χ1n) is 14.0. The van der Waals surface area contributed by atoms with E-state index in [1.165, 1.54) is 19.1 Å². The predicted octanol–water partition coefficient (Wildman–Crippen LogP) is -0.526. The van der Waals surface area contributed by atoms with E-state index in [1.807, 2.05) is 0 Å². The van der Waals surface area contributed by atoms with Crippen LogP contribution in [0.5, 0.6) is 0 Å². The molecule has 0 aliphatic heterocycles. The van der Waals surface area contributed by atoms with Crippen molar-refractivity contribution in [2.45, 2.75) is 70.4 Å². The molecule has 236 valence electrons. The summed E-state index contributed by atoms with van der Waals surface area (Å²) in [6.07, 6.45) is -6.58. The van der Waals surface area contributed by atoms with Crippen molar-refractivity contribution < 1.29 is 69.6 Å². The number of carboxylic acid groups (broad SMARTS) is 4. The lowest BCUT2D eigenvalue weighted by atomic mass is 9.41. The summed E-state index contributed by atoms with van der Waals surface area (Å²) < 4.78 is 0. The van der Waals surface area contributed by atoms with Crippen molar-refractivity contribution in [3.63, 3.8) is 0 Å². The number of carboxylic acids is 4. The Morgan fingerprint density at radius 2 is 1.51 bits per heavy atom. The molecule has 0 radical (unpaired) electrons. The molecule has 4 rings (SSSR count). The summed E-state index contributed by atoms with van der Waals surface area (Å²) in [6, 6.07) is 0. The lowest BCUT2D eigenvalue weighted by Crippen LogP contribution is -2.65.